The van der Waals surface area contributed by atoms with Crippen molar-refractivity contribution in [2.45, 2.75) is 39.5 Å². The summed E-state index contributed by atoms with van der Waals surface area (Å²) in [7, 11) is 0. The van der Waals surface area contributed by atoms with Crippen LogP contribution in [0.4, 0.5) is 0 Å². The second kappa shape index (κ2) is 3.44. The van der Waals surface area contributed by atoms with Crippen LogP contribution in [0.15, 0.2) is 6.33 Å². The van der Waals surface area contributed by atoms with Gasteiger partial charge in [-0.2, -0.15) is 0 Å². The van der Waals surface area contributed by atoms with E-state index < -0.39 is 0 Å². The van der Waals surface area contributed by atoms with Gasteiger partial charge in [-0.3, -0.25) is 0 Å². The van der Waals surface area contributed by atoms with E-state index in [2.05, 4.69) is 23.8 Å². The Kier molecular flexibility index (Phi) is 2.30. The van der Waals surface area contributed by atoms with Crippen LogP contribution in [0.5, 0.6) is 0 Å². The van der Waals surface area contributed by atoms with E-state index in [-0.39, 0.29) is 0 Å². The molecule has 0 saturated heterocycles. The van der Waals surface area contributed by atoms with Gasteiger partial charge in [0.15, 0.2) is 0 Å². The summed E-state index contributed by atoms with van der Waals surface area (Å²) in [6.07, 6.45) is 6.64. The van der Waals surface area contributed by atoms with Gasteiger partial charge in [-0.15, -0.1) is 0 Å². The molecule has 0 spiro atoms. The van der Waals surface area contributed by atoms with Gasteiger partial charge in [-0.25, -0.2) is 9.97 Å². The summed E-state index contributed by atoms with van der Waals surface area (Å²) in [5.74, 6) is 0.849. The van der Waals surface area contributed by atoms with Gasteiger partial charge < -0.3 is 0 Å². The second-order valence-electron chi connectivity index (χ2n) is 3.90. The van der Waals surface area contributed by atoms with Gasteiger partial charge in [0.05, 0.1) is 0 Å². The van der Waals surface area contributed by atoms with Crippen LogP contribution in [0.3, 0.4) is 0 Å². The zero-order valence-corrected chi connectivity index (χ0v) is 8.38. The Morgan fingerprint density at radius 2 is 2.31 bits per heavy atom. The van der Waals surface area contributed by atoms with E-state index in [1.165, 1.54) is 36.2 Å². The zero-order chi connectivity index (χ0) is 9.26. The number of rotatable bonds is 1. The molecule has 0 N–H and O–H groups in total. The SMILES string of the molecule is CCC1CCc2c(C)ncnc2C1. The molecule has 0 bridgehead atoms. The first-order valence-electron chi connectivity index (χ1n) is 5.10. The van der Waals surface area contributed by atoms with Crippen LogP contribution in [-0.2, 0) is 12.8 Å². The van der Waals surface area contributed by atoms with Gasteiger partial charge in [0.2, 0.25) is 0 Å². The topological polar surface area (TPSA) is 25.8 Å². The first kappa shape index (κ1) is 8.67. The number of nitrogens with zero attached hydrogens (tertiary/aromatic N) is 2. The molecule has 1 aromatic heterocycles. The van der Waals surface area contributed by atoms with Crippen molar-refractivity contribution >= 4 is 0 Å². The van der Waals surface area contributed by atoms with Gasteiger partial charge in [-0.05, 0) is 37.7 Å². The van der Waals surface area contributed by atoms with E-state index in [0.29, 0.717) is 0 Å². The highest BCUT2D eigenvalue weighted by Crippen LogP contribution is 2.26. The van der Waals surface area contributed by atoms with Crippen molar-refractivity contribution in [1.82, 2.24) is 9.97 Å². The van der Waals surface area contributed by atoms with Crippen molar-refractivity contribution in [2.24, 2.45) is 5.92 Å². The highest BCUT2D eigenvalue weighted by atomic mass is 14.8. The van der Waals surface area contributed by atoms with Crippen LogP contribution in [0.2, 0.25) is 0 Å². The molecule has 1 aromatic rings. The van der Waals surface area contributed by atoms with Gasteiger partial charge >= 0.3 is 0 Å². The number of hydrogen-bond donors (Lipinski definition) is 0. The van der Waals surface area contributed by atoms with E-state index in [1.54, 1.807) is 6.33 Å². The predicted octanol–water partition coefficient (Wildman–Crippen LogP) is 2.30. The van der Waals surface area contributed by atoms with E-state index in [9.17, 15) is 0 Å². The lowest BCUT2D eigenvalue weighted by Crippen LogP contribution is -2.16. The monoisotopic (exact) mass is 176 g/mol. The minimum Gasteiger partial charge on any atom is -0.241 e. The summed E-state index contributed by atoms with van der Waals surface area (Å²) in [5.41, 5.74) is 3.89. The largest absolute Gasteiger partial charge is 0.241 e. The molecule has 0 amide bonds. The third-order valence-electron chi connectivity index (χ3n) is 3.11. The van der Waals surface area contributed by atoms with Crippen molar-refractivity contribution in [3.63, 3.8) is 0 Å². The Morgan fingerprint density at radius 1 is 1.46 bits per heavy atom. The van der Waals surface area contributed by atoms with Gasteiger partial charge in [0.1, 0.15) is 6.33 Å². The third-order valence-corrected chi connectivity index (χ3v) is 3.11. The van der Waals surface area contributed by atoms with E-state index in [4.69, 9.17) is 0 Å². The van der Waals surface area contributed by atoms with Gasteiger partial charge in [0.25, 0.3) is 0 Å². The zero-order valence-electron chi connectivity index (χ0n) is 8.38. The van der Waals surface area contributed by atoms with Crippen molar-refractivity contribution in [3.05, 3.63) is 23.3 Å². The average molecular weight is 176 g/mol. The number of aryl methyl sites for hydroxylation is 1. The molecule has 1 unspecified atom stereocenters. The smallest absolute Gasteiger partial charge is 0.115 e. The number of aromatic nitrogens is 2. The lowest BCUT2D eigenvalue weighted by molar-refractivity contribution is 0.435. The molecule has 0 aromatic carbocycles. The molecule has 1 aliphatic carbocycles. The molecule has 1 heterocycles. The molecule has 1 atom stereocenters. The second-order valence-corrected chi connectivity index (χ2v) is 3.90. The molecule has 70 valence electrons. The molecule has 2 heteroatoms. The minimum atomic E-state index is 0.849. The normalized spacial score (nSPS) is 21.2. The van der Waals surface area contributed by atoms with Crippen LogP contribution >= 0.6 is 0 Å². The summed E-state index contributed by atoms with van der Waals surface area (Å²) in [4.78, 5) is 8.60. The van der Waals surface area contributed by atoms with Crippen molar-refractivity contribution in [2.75, 3.05) is 0 Å². The highest BCUT2D eigenvalue weighted by molar-refractivity contribution is 5.26. The molecule has 2 nitrogen and oxygen atoms in total. The average Bonchev–Trinajstić information content (AvgIpc) is 2.18. The fraction of sp³-hybridized carbons (Fsp3) is 0.636. The molecule has 13 heavy (non-hydrogen) atoms. The Labute approximate surface area is 79.4 Å². The van der Waals surface area contributed by atoms with Crippen LogP contribution in [0, 0.1) is 12.8 Å². The summed E-state index contributed by atoms with van der Waals surface area (Å²) in [5, 5.41) is 0. The van der Waals surface area contributed by atoms with Crippen molar-refractivity contribution < 1.29 is 0 Å². The number of hydrogen-bond acceptors (Lipinski definition) is 2. The number of fused-ring (bicyclic) bond motifs is 1. The Morgan fingerprint density at radius 3 is 3.08 bits per heavy atom. The van der Waals surface area contributed by atoms with E-state index in [1.807, 2.05) is 0 Å². The van der Waals surface area contributed by atoms with E-state index in [0.717, 1.165) is 12.3 Å². The fourth-order valence-electron chi connectivity index (χ4n) is 2.12. The lowest BCUT2D eigenvalue weighted by atomic mass is 9.85. The molecule has 0 fully saturated rings. The predicted molar refractivity (Wildman–Crippen MR) is 52.6 cm³/mol. The molecule has 2 rings (SSSR count). The van der Waals surface area contributed by atoms with Crippen LogP contribution < -0.4 is 0 Å². The highest BCUT2D eigenvalue weighted by Gasteiger charge is 2.19. The third kappa shape index (κ3) is 1.58. The summed E-state index contributed by atoms with van der Waals surface area (Å²) >= 11 is 0. The van der Waals surface area contributed by atoms with Crippen molar-refractivity contribution in [3.8, 4) is 0 Å². The summed E-state index contributed by atoms with van der Waals surface area (Å²) < 4.78 is 0. The first-order valence-corrected chi connectivity index (χ1v) is 5.10. The van der Waals surface area contributed by atoms with Crippen LogP contribution in [-0.4, -0.2) is 9.97 Å². The van der Waals surface area contributed by atoms with Crippen LogP contribution in [0.25, 0.3) is 0 Å². The van der Waals surface area contributed by atoms with Crippen molar-refractivity contribution in [1.29, 1.82) is 0 Å². The van der Waals surface area contributed by atoms with Gasteiger partial charge in [-0.1, -0.05) is 13.3 Å². The maximum Gasteiger partial charge on any atom is 0.115 e. The molecule has 1 aliphatic rings. The molecule has 0 radical (unpaired) electrons. The standard InChI is InChI=1S/C11H16N2/c1-3-9-4-5-10-8(2)12-7-13-11(10)6-9/h7,9H,3-6H2,1-2H3. The Balaban J connectivity index is 2.31. The van der Waals surface area contributed by atoms with E-state index >= 15 is 0 Å². The molecular weight excluding hydrogens is 160 g/mol. The summed E-state index contributed by atoms with van der Waals surface area (Å²) in [6, 6.07) is 0. The fourth-order valence-corrected chi connectivity index (χ4v) is 2.12. The molecule has 0 saturated carbocycles. The Bertz CT molecular complexity index is 307. The minimum absolute atomic E-state index is 0.849. The van der Waals surface area contributed by atoms with Gasteiger partial charge in [0, 0.05) is 11.4 Å². The quantitative estimate of drug-likeness (QED) is 0.656. The summed E-state index contributed by atoms with van der Waals surface area (Å²) in [6.45, 7) is 4.36. The first-order chi connectivity index (χ1) is 6.31. The Hall–Kier alpha value is -0.920. The van der Waals surface area contributed by atoms with Crippen LogP contribution in [0.1, 0.15) is 36.7 Å². The molecular formula is C11H16N2. The maximum atomic E-state index is 4.37. The molecule has 0 aliphatic heterocycles. The maximum absolute atomic E-state index is 4.37. The lowest BCUT2D eigenvalue weighted by Gasteiger charge is -2.23.